The quantitative estimate of drug-likeness (QED) is 0.578. The molecule has 3 aliphatic heterocycles. The van der Waals surface area contributed by atoms with Crippen LogP contribution in [0.25, 0.3) is 16.7 Å². The Balaban J connectivity index is 1.55. The summed E-state index contributed by atoms with van der Waals surface area (Å²) in [7, 11) is 0. The molecule has 168 valence electrons. The van der Waals surface area contributed by atoms with Crippen LogP contribution in [0.5, 0.6) is 11.5 Å². The highest BCUT2D eigenvalue weighted by molar-refractivity contribution is 5.71. The summed E-state index contributed by atoms with van der Waals surface area (Å²) in [5, 5.41) is 3.25. The summed E-state index contributed by atoms with van der Waals surface area (Å²) >= 11 is 0. The fourth-order valence-corrected chi connectivity index (χ4v) is 4.65. The largest absolute Gasteiger partial charge is 0.452 e. The number of pyridine rings is 2. The van der Waals surface area contributed by atoms with E-state index >= 15 is 4.39 Å². The lowest BCUT2D eigenvalue weighted by Gasteiger charge is -2.37. The zero-order valence-corrected chi connectivity index (χ0v) is 17.5. The van der Waals surface area contributed by atoms with Gasteiger partial charge in [-0.2, -0.15) is 8.78 Å². The number of halogens is 2. The Bertz CT molecular complexity index is 1300. The zero-order valence-electron chi connectivity index (χ0n) is 17.5. The van der Waals surface area contributed by atoms with Gasteiger partial charge in [-0.25, -0.2) is 9.97 Å². The Morgan fingerprint density at radius 2 is 2.03 bits per heavy atom. The number of hydrogen-bond donors (Lipinski definition) is 2. The highest BCUT2D eigenvalue weighted by atomic mass is 19.1. The second kappa shape index (κ2) is 7.67. The van der Waals surface area contributed by atoms with Crippen LogP contribution in [0, 0.1) is 11.9 Å². The van der Waals surface area contributed by atoms with Gasteiger partial charge in [0.1, 0.15) is 11.3 Å². The van der Waals surface area contributed by atoms with Crippen LogP contribution in [0.1, 0.15) is 23.2 Å². The number of aromatic nitrogens is 2. The predicted octanol–water partition coefficient (Wildman–Crippen LogP) is 3.44. The van der Waals surface area contributed by atoms with E-state index in [-0.39, 0.29) is 12.4 Å². The lowest BCUT2D eigenvalue weighted by atomic mass is 9.80. The maximum Gasteiger partial charge on any atom is 0.256 e. The molecule has 2 aromatic heterocycles. The summed E-state index contributed by atoms with van der Waals surface area (Å²) < 4.78 is 46.8. The molecular weight excluding hydrogens is 430 g/mol. The van der Waals surface area contributed by atoms with E-state index < -0.39 is 23.8 Å². The van der Waals surface area contributed by atoms with Crippen molar-refractivity contribution in [3.05, 3.63) is 77.4 Å². The van der Waals surface area contributed by atoms with Gasteiger partial charge in [-0.05, 0) is 47.9 Å². The molecule has 9 heteroatoms. The molecule has 1 aromatic carbocycles. The molecule has 7 nitrogen and oxygen atoms in total. The lowest BCUT2D eigenvalue weighted by molar-refractivity contribution is 0.103. The number of hydrogen-bond acceptors (Lipinski definition) is 7. The maximum atomic E-state index is 15.2. The highest BCUT2D eigenvalue weighted by Gasteiger charge is 2.49. The number of rotatable bonds is 2. The van der Waals surface area contributed by atoms with Crippen LogP contribution in [0.4, 0.5) is 8.78 Å². The summed E-state index contributed by atoms with van der Waals surface area (Å²) in [6, 6.07) is 10.3. The molecule has 3 N–H and O–H groups in total. The average molecular weight is 450 g/mol. The molecule has 3 aromatic rings. The molecule has 6 rings (SSSR count). The second-order valence-electron chi connectivity index (χ2n) is 8.18. The van der Waals surface area contributed by atoms with E-state index in [0.717, 1.165) is 12.0 Å². The third-order valence-electron chi connectivity index (χ3n) is 6.22. The molecule has 3 aliphatic rings. The van der Waals surface area contributed by atoms with Crippen LogP contribution in [-0.4, -0.2) is 36.1 Å². The lowest BCUT2D eigenvalue weighted by Crippen LogP contribution is -2.47. The molecule has 0 bridgehead atoms. The molecule has 5 heterocycles. The number of nitrogens with two attached hydrogens (primary N) is 1. The Labute approximate surface area is 188 Å². The molecule has 1 fully saturated rings. The first-order valence-electron chi connectivity index (χ1n) is 10.6. The van der Waals surface area contributed by atoms with Crippen molar-refractivity contribution in [1.82, 2.24) is 15.3 Å². The van der Waals surface area contributed by atoms with Crippen molar-refractivity contribution >= 4 is 5.57 Å². The molecule has 0 radical (unpaired) electrons. The Kier molecular flexibility index (Phi) is 4.73. The van der Waals surface area contributed by atoms with E-state index in [0.29, 0.717) is 46.9 Å². The summed E-state index contributed by atoms with van der Waals surface area (Å²) in [6.07, 6.45) is 3.34. The van der Waals surface area contributed by atoms with Gasteiger partial charge in [0.2, 0.25) is 5.95 Å². The minimum atomic E-state index is -1.01. The average Bonchev–Trinajstić information content (AvgIpc) is 3.23. The fraction of sp³-hybridized carbons (Fsp3) is 0.250. The van der Waals surface area contributed by atoms with E-state index in [9.17, 15) is 4.39 Å². The third kappa shape index (κ3) is 3.24. The molecule has 1 saturated heterocycles. The molecule has 1 unspecified atom stereocenters. The number of benzene rings is 1. The Morgan fingerprint density at radius 3 is 2.79 bits per heavy atom. The summed E-state index contributed by atoms with van der Waals surface area (Å²) in [6.45, 7) is 1.10. The maximum absolute atomic E-state index is 15.2. The van der Waals surface area contributed by atoms with E-state index in [1.54, 1.807) is 36.4 Å². The van der Waals surface area contributed by atoms with Gasteiger partial charge in [0.15, 0.2) is 12.1 Å². The smallest absolute Gasteiger partial charge is 0.256 e. The molecule has 2 atom stereocenters. The van der Waals surface area contributed by atoms with Crippen molar-refractivity contribution in [1.29, 1.82) is 0 Å². The number of nitrogens with one attached hydrogen (secondary N) is 1. The van der Waals surface area contributed by atoms with Crippen LogP contribution in [0.3, 0.4) is 0 Å². The van der Waals surface area contributed by atoms with Crippen LogP contribution >= 0.6 is 0 Å². The van der Waals surface area contributed by atoms with Gasteiger partial charge < -0.3 is 14.2 Å². The van der Waals surface area contributed by atoms with Crippen molar-refractivity contribution in [3.8, 4) is 22.6 Å². The Morgan fingerprint density at radius 1 is 1.12 bits per heavy atom. The van der Waals surface area contributed by atoms with Crippen molar-refractivity contribution < 1.29 is 23.0 Å². The molecule has 0 saturated carbocycles. The van der Waals surface area contributed by atoms with Gasteiger partial charge in [-0.15, -0.1) is 0 Å². The van der Waals surface area contributed by atoms with Crippen molar-refractivity contribution in [2.75, 3.05) is 19.8 Å². The van der Waals surface area contributed by atoms with Gasteiger partial charge in [0.25, 0.3) is 5.95 Å². The zero-order chi connectivity index (χ0) is 22.6. The second-order valence-corrected chi connectivity index (χ2v) is 8.18. The van der Waals surface area contributed by atoms with Gasteiger partial charge in [0.05, 0.1) is 25.5 Å². The van der Waals surface area contributed by atoms with Crippen LogP contribution in [0.2, 0.25) is 0 Å². The normalized spacial score (nSPS) is 23.6. The monoisotopic (exact) mass is 450 g/mol. The van der Waals surface area contributed by atoms with E-state index in [2.05, 4.69) is 15.3 Å². The third-order valence-corrected chi connectivity index (χ3v) is 6.22. The van der Waals surface area contributed by atoms with Crippen LogP contribution < -0.4 is 15.8 Å². The van der Waals surface area contributed by atoms with E-state index in [1.165, 1.54) is 6.20 Å². The van der Waals surface area contributed by atoms with E-state index in [1.807, 2.05) is 6.08 Å². The molecule has 1 spiro atoms. The molecule has 0 amide bonds. The van der Waals surface area contributed by atoms with Crippen molar-refractivity contribution in [2.45, 2.75) is 18.3 Å². The van der Waals surface area contributed by atoms with Crippen molar-refractivity contribution in [2.24, 2.45) is 5.73 Å². The molecule has 33 heavy (non-hydrogen) atoms. The SMILES string of the molecule is NC1N[C@@]2(CO1)c1cc(-c3cccnc3F)ccc1Oc1c2cc(C2=CCCOC2)nc1F. The topological polar surface area (TPSA) is 91.5 Å². The first kappa shape index (κ1) is 20.4. The Hall–Kier alpha value is -3.24. The standard InChI is InChI=1S/C24H20F2N4O3/c25-21-15(4-1-7-28-21)13-5-6-19-16(9-13)24(12-32-23(27)30-24)17-10-18(14-3-2-8-31-11-14)29-22(26)20(17)33-19/h1,3-7,9-10,23,30H,2,8,11-12,27H2/t23?,24-/m0/s1. The van der Waals surface area contributed by atoms with E-state index in [4.69, 9.17) is 19.9 Å². The van der Waals surface area contributed by atoms with Gasteiger partial charge >= 0.3 is 0 Å². The first-order chi connectivity index (χ1) is 16.0. The van der Waals surface area contributed by atoms with Crippen LogP contribution in [0.15, 0.2) is 48.7 Å². The van der Waals surface area contributed by atoms with Gasteiger partial charge in [-0.1, -0.05) is 12.1 Å². The van der Waals surface area contributed by atoms with Gasteiger partial charge in [0, 0.05) is 22.9 Å². The van der Waals surface area contributed by atoms with Crippen LogP contribution in [-0.2, 0) is 15.0 Å². The molecular formula is C24H20F2N4O3. The first-order valence-corrected chi connectivity index (χ1v) is 10.6. The number of ether oxygens (including phenoxy) is 3. The van der Waals surface area contributed by atoms with Gasteiger partial charge in [-0.3, -0.25) is 11.1 Å². The van der Waals surface area contributed by atoms with Crippen molar-refractivity contribution in [3.63, 3.8) is 0 Å². The summed E-state index contributed by atoms with van der Waals surface area (Å²) in [5.74, 6) is -0.898. The minimum absolute atomic E-state index is 0.00841. The summed E-state index contributed by atoms with van der Waals surface area (Å²) in [4.78, 5) is 7.88. The highest BCUT2D eigenvalue weighted by Crippen LogP contribution is 2.50. The number of nitrogens with zero attached hydrogens (tertiary/aromatic N) is 2. The fourth-order valence-electron chi connectivity index (χ4n) is 4.65. The predicted molar refractivity (Wildman–Crippen MR) is 115 cm³/mol. The summed E-state index contributed by atoms with van der Waals surface area (Å²) in [5.41, 5.74) is 8.45. The minimum Gasteiger partial charge on any atom is -0.452 e. The molecule has 0 aliphatic carbocycles. The number of fused-ring (bicyclic) bond motifs is 4.